The number of rotatable bonds is 3. The van der Waals surface area contributed by atoms with Crippen LogP contribution in [-0.4, -0.2) is 36.5 Å². The number of amides is 1. The van der Waals surface area contributed by atoms with Crippen molar-refractivity contribution < 1.29 is 9.53 Å². The van der Waals surface area contributed by atoms with E-state index in [4.69, 9.17) is 4.74 Å². The van der Waals surface area contributed by atoms with E-state index in [-0.39, 0.29) is 5.91 Å². The molecule has 0 radical (unpaired) electrons. The zero-order valence-corrected chi connectivity index (χ0v) is 12.7. The zero-order valence-electron chi connectivity index (χ0n) is 12.7. The maximum Gasteiger partial charge on any atom is 0.263 e. The molecular weight excluding hydrogens is 264 g/mol. The smallest absolute Gasteiger partial charge is 0.263 e. The largest absolute Gasteiger partial charge is 0.479 e. The lowest BCUT2D eigenvalue weighted by Crippen LogP contribution is -2.43. The summed E-state index contributed by atoms with van der Waals surface area (Å²) in [6.45, 7) is 4.58. The molecule has 0 bridgehead atoms. The van der Waals surface area contributed by atoms with Crippen molar-refractivity contribution in [2.45, 2.75) is 45.1 Å². The summed E-state index contributed by atoms with van der Waals surface area (Å²) in [7, 11) is 0. The predicted octanol–water partition coefficient (Wildman–Crippen LogP) is 2.82. The molecule has 21 heavy (non-hydrogen) atoms. The Balaban J connectivity index is 1.69. The van der Waals surface area contributed by atoms with Gasteiger partial charge in [-0.2, -0.15) is 0 Å². The van der Waals surface area contributed by atoms with Crippen LogP contribution in [0.25, 0.3) is 0 Å². The first kappa shape index (κ1) is 14.2. The van der Waals surface area contributed by atoms with E-state index in [1.807, 2.05) is 24.0 Å². The minimum Gasteiger partial charge on any atom is -0.479 e. The van der Waals surface area contributed by atoms with Crippen LogP contribution in [0.1, 0.15) is 38.2 Å². The minimum absolute atomic E-state index is 0.114. The van der Waals surface area contributed by atoms with Crippen LogP contribution in [0.5, 0.6) is 5.75 Å². The van der Waals surface area contributed by atoms with Gasteiger partial charge in [0.05, 0.1) is 5.69 Å². The van der Waals surface area contributed by atoms with Crippen LogP contribution in [0.4, 0.5) is 5.69 Å². The van der Waals surface area contributed by atoms with Gasteiger partial charge in [0.2, 0.25) is 0 Å². The highest BCUT2D eigenvalue weighted by Crippen LogP contribution is 2.32. The van der Waals surface area contributed by atoms with Crippen LogP contribution in [0.3, 0.4) is 0 Å². The van der Waals surface area contributed by atoms with Crippen LogP contribution in [0, 0.1) is 0 Å². The van der Waals surface area contributed by atoms with Gasteiger partial charge in [-0.15, -0.1) is 0 Å². The van der Waals surface area contributed by atoms with Crippen LogP contribution >= 0.6 is 0 Å². The quantitative estimate of drug-likeness (QED) is 0.930. The number of piperidine rings is 1. The van der Waals surface area contributed by atoms with Crippen molar-refractivity contribution in [2.75, 3.05) is 25.0 Å². The summed E-state index contributed by atoms with van der Waals surface area (Å²) in [5, 5.41) is 3.41. The Hall–Kier alpha value is -1.71. The Morgan fingerprint density at radius 3 is 2.86 bits per heavy atom. The van der Waals surface area contributed by atoms with E-state index in [2.05, 4.69) is 11.4 Å². The van der Waals surface area contributed by atoms with Crippen LogP contribution in [0.15, 0.2) is 18.2 Å². The highest BCUT2D eigenvalue weighted by molar-refractivity contribution is 5.81. The van der Waals surface area contributed by atoms with Gasteiger partial charge in [-0.3, -0.25) is 4.79 Å². The molecule has 0 aromatic heterocycles. The van der Waals surface area contributed by atoms with E-state index >= 15 is 0 Å². The first-order chi connectivity index (χ1) is 10.3. The summed E-state index contributed by atoms with van der Waals surface area (Å²) in [6.07, 6.45) is 5.27. The third-order valence-electron chi connectivity index (χ3n) is 4.36. The fourth-order valence-electron chi connectivity index (χ4n) is 3.19. The molecule has 114 valence electrons. The molecule has 4 heteroatoms. The molecule has 0 spiro atoms. The SMILES string of the molecule is CC(Oc1cccc2c1NCCC2)C(=O)N1CCCCC1. The molecule has 1 fully saturated rings. The lowest BCUT2D eigenvalue weighted by molar-refractivity contribution is -0.138. The molecule has 1 amide bonds. The lowest BCUT2D eigenvalue weighted by Gasteiger charge is -2.30. The number of hydrogen-bond acceptors (Lipinski definition) is 3. The standard InChI is InChI=1S/C17H24N2O2/c1-13(17(20)19-11-3-2-4-12-19)21-15-9-5-7-14-8-6-10-18-16(14)15/h5,7,9,13,18H,2-4,6,8,10-12H2,1H3. The van der Waals surface area contributed by atoms with Gasteiger partial charge in [-0.1, -0.05) is 12.1 Å². The number of hydrogen-bond donors (Lipinski definition) is 1. The molecule has 2 aliphatic rings. The number of carbonyl (C=O) groups excluding carboxylic acids is 1. The molecule has 1 unspecified atom stereocenters. The number of nitrogens with one attached hydrogen (secondary N) is 1. The van der Waals surface area contributed by atoms with Crippen molar-refractivity contribution in [1.82, 2.24) is 4.90 Å². The van der Waals surface area contributed by atoms with E-state index in [1.54, 1.807) is 0 Å². The van der Waals surface area contributed by atoms with Gasteiger partial charge in [0.1, 0.15) is 5.75 Å². The normalized spacial score (nSPS) is 19.4. The van der Waals surface area contributed by atoms with Gasteiger partial charge in [-0.05, 0) is 50.7 Å². The fraction of sp³-hybridized carbons (Fsp3) is 0.588. The Kier molecular flexibility index (Phi) is 4.32. The van der Waals surface area contributed by atoms with Gasteiger partial charge < -0.3 is 15.0 Å². The molecular formula is C17H24N2O2. The molecule has 1 aromatic rings. The number of nitrogens with zero attached hydrogens (tertiary/aromatic N) is 1. The van der Waals surface area contributed by atoms with Crippen molar-refractivity contribution in [3.05, 3.63) is 23.8 Å². The molecule has 2 heterocycles. The van der Waals surface area contributed by atoms with Gasteiger partial charge in [0, 0.05) is 19.6 Å². The Morgan fingerprint density at radius 1 is 1.24 bits per heavy atom. The lowest BCUT2D eigenvalue weighted by atomic mass is 10.0. The fourth-order valence-corrected chi connectivity index (χ4v) is 3.19. The summed E-state index contributed by atoms with van der Waals surface area (Å²) < 4.78 is 5.97. The number of aryl methyl sites for hydroxylation is 1. The number of likely N-dealkylation sites (tertiary alicyclic amines) is 1. The minimum atomic E-state index is -0.418. The van der Waals surface area contributed by atoms with E-state index in [1.165, 1.54) is 12.0 Å². The number of para-hydroxylation sites is 1. The third-order valence-corrected chi connectivity index (χ3v) is 4.36. The molecule has 2 aliphatic heterocycles. The van der Waals surface area contributed by atoms with Crippen LogP contribution in [-0.2, 0) is 11.2 Å². The van der Waals surface area contributed by atoms with Crippen molar-refractivity contribution in [3.63, 3.8) is 0 Å². The average Bonchev–Trinajstić information content (AvgIpc) is 2.55. The molecule has 4 nitrogen and oxygen atoms in total. The van der Waals surface area contributed by atoms with E-state index in [9.17, 15) is 4.79 Å². The maximum absolute atomic E-state index is 12.5. The summed E-state index contributed by atoms with van der Waals surface area (Å²) in [6, 6.07) is 6.10. The first-order valence-corrected chi connectivity index (χ1v) is 8.07. The molecule has 3 rings (SSSR count). The molecule has 1 N–H and O–H groups in total. The van der Waals surface area contributed by atoms with Gasteiger partial charge in [-0.25, -0.2) is 0 Å². The van der Waals surface area contributed by atoms with Crippen molar-refractivity contribution in [3.8, 4) is 5.75 Å². The number of anilines is 1. The van der Waals surface area contributed by atoms with Gasteiger partial charge >= 0.3 is 0 Å². The number of carbonyl (C=O) groups is 1. The zero-order chi connectivity index (χ0) is 14.7. The third kappa shape index (κ3) is 3.14. The Bertz CT molecular complexity index is 510. The Labute approximate surface area is 126 Å². The van der Waals surface area contributed by atoms with Crippen molar-refractivity contribution >= 4 is 11.6 Å². The summed E-state index contributed by atoms with van der Waals surface area (Å²) in [5.41, 5.74) is 2.36. The average molecular weight is 288 g/mol. The molecule has 1 atom stereocenters. The monoisotopic (exact) mass is 288 g/mol. The second-order valence-electron chi connectivity index (χ2n) is 5.97. The second-order valence-corrected chi connectivity index (χ2v) is 5.97. The topological polar surface area (TPSA) is 41.6 Å². The first-order valence-electron chi connectivity index (χ1n) is 8.07. The Morgan fingerprint density at radius 2 is 2.05 bits per heavy atom. The van der Waals surface area contributed by atoms with Gasteiger partial charge in [0.25, 0.3) is 5.91 Å². The van der Waals surface area contributed by atoms with E-state index in [0.717, 1.165) is 56.8 Å². The summed E-state index contributed by atoms with van der Waals surface area (Å²) >= 11 is 0. The highest BCUT2D eigenvalue weighted by Gasteiger charge is 2.24. The number of ether oxygens (including phenoxy) is 1. The second kappa shape index (κ2) is 6.37. The van der Waals surface area contributed by atoms with Crippen LogP contribution < -0.4 is 10.1 Å². The molecule has 0 saturated carbocycles. The van der Waals surface area contributed by atoms with E-state index < -0.39 is 6.10 Å². The van der Waals surface area contributed by atoms with Crippen LogP contribution in [0.2, 0.25) is 0 Å². The molecule has 1 saturated heterocycles. The number of fused-ring (bicyclic) bond motifs is 1. The van der Waals surface area contributed by atoms with Crippen molar-refractivity contribution in [1.29, 1.82) is 0 Å². The highest BCUT2D eigenvalue weighted by atomic mass is 16.5. The maximum atomic E-state index is 12.5. The summed E-state index contributed by atoms with van der Waals surface area (Å²) in [4.78, 5) is 14.4. The summed E-state index contributed by atoms with van der Waals surface area (Å²) in [5.74, 6) is 0.924. The van der Waals surface area contributed by atoms with Gasteiger partial charge in [0.15, 0.2) is 6.10 Å². The number of benzene rings is 1. The predicted molar refractivity (Wildman–Crippen MR) is 83.8 cm³/mol. The van der Waals surface area contributed by atoms with Crippen molar-refractivity contribution in [2.24, 2.45) is 0 Å². The molecule has 0 aliphatic carbocycles. The van der Waals surface area contributed by atoms with E-state index in [0.29, 0.717) is 0 Å². The molecule has 1 aromatic carbocycles.